The highest BCUT2D eigenvalue weighted by Gasteiger charge is 2.04. The lowest BCUT2D eigenvalue weighted by atomic mass is 10.1. The minimum absolute atomic E-state index is 0.0924. The third-order valence-corrected chi connectivity index (χ3v) is 2.78. The van der Waals surface area contributed by atoms with Gasteiger partial charge < -0.3 is 4.74 Å². The van der Waals surface area contributed by atoms with Crippen molar-refractivity contribution in [3.8, 4) is 17.9 Å². The molecule has 0 aliphatic rings. The van der Waals surface area contributed by atoms with Gasteiger partial charge in [-0.25, -0.2) is 4.39 Å². The number of rotatable bonds is 4. The summed E-state index contributed by atoms with van der Waals surface area (Å²) in [5.74, 6) is 0.153. The zero-order valence-corrected chi connectivity index (χ0v) is 10.6. The highest BCUT2D eigenvalue weighted by molar-refractivity contribution is 5.33. The molecule has 0 heterocycles. The van der Waals surface area contributed by atoms with Crippen LogP contribution in [0.2, 0.25) is 0 Å². The molecule has 0 unspecified atom stereocenters. The van der Waals surface area contributed by atoms with Crippen LogP contribution in [0.4, 0.5) is 4.39 Å². The van der Waals surface area contributed by atoms with E-state index in [0.717, 1.165) is 5.56 Å². The van der Waals surface area contributed by atoms with Crippen molar-refractivity contribution in [2.75, 3.05) is 0 Å². The van der Waals surface area contributed by atoms with E-state index in [9.17, 15) is 4.39 Å². The van der Waals surface area contributed by atoms with E-state index in [2.05, 4.69) is 6.07 Å². The molecule has 2 rings (SSSR count). The summed E-state index contributed by atoms with van der Waals surface area (Å²) in [6, 6.07) is 15.3. The molecule has 20 heavy (non-hydrogen) atoms. The molecule has 0 atom stereocenters. The van der Waals surface area contributed by atoms with Crippen LogP contribution in [0.25, 0.3) is 0 Å². The predicted molar refractivity (Wildman–Crippen MR) is 71.2 cm³/mol. The van der Waals surface area contributed by atoms with Gasteiger partial charge in [-0.05, 0) is 29.8 Å². The molecule has 0 aliphatic heterocycles. The van der Waals surface area contributed by atoms with Gasteiger partial charge in [0.25, 0.3) is 0 Å². The number of nitrogens with zero attached hydrogens (tertiary/aromatic N) is 2. The minimum Gasteiger partial charge on any atom is -0.489 e. The first-order valence-corrected chi connectivity index (χ1v) is 6.00. The van der Waals surface area contributed by atoms with Crippen LogP contribution < -0.4 is 4.74 Å². The number of hydrogen-bond acceptors (Lipinski definition) is 3. The summed E-state index contributed by atoms with van der Waals surface area (Å²) in [7, 11) is 0. The molecule has 4 heteroatoms. The molecule has 0 amide bonds. The number of halogens is 1. The monoisotopic (exact) mass is 266 g/mol. The van der Waals surface area contributed by atoms with Crippen LogP contribution in [-0.2, 0) is 13.0 Å². The quantitative estimate of drug-likeness (QED) is 0.852. The van der Waals surface area contributed by atoms with Crippen LogP contribution in [0.15, 0.2) is 42.5 Å². The zero-order valence-electron chi connectivity index (χ0n) is 10.6. The molecule has 0 fully saturated rings. The maximum Gasteiger partial charge on any atom is 0.131 e. The molecule has 2 aromatic carbocycles. The normalized spacial score (nSPS) is 9.55. The summed E-state index contributed by atoms with van der Waals surface area (Å²) >= 11 is 0. The molecule has 0 spiro atoms. The lowest BCUT2D eigenvalue weighted by Crippen LogP contribution is -1.99. The van der Waals surface area contributed by atoms with Gasteiger partial charge in [-0.1, -0.05) is 18.2 Å². The summed E-state index contributed by atoms with van der Waals surface area (Å²) < 4.78 is 19.1. The van der Waals surface area contributed by atoms with Crippen molar-refractivity contribution in [2.45, 2.75) is 13.0 Å². The molecule has 0 saturated carbocycles. The van der Waals surface area contributed by atoms with Crippen molar-refractivity contribution >= 4 is 0 Å². The van der Waals surface area contributed by atoms with E-state index >= 15 is 0 Å². The van der Waals surface area contributed by atoms with E-state index in [4.69, 9.17) is 15.3 Å². The Morgan fingerprint density at radius 1 is 1.05 bits per heavy atom. The van der Waals surface area contributed by atoms with Crippen molar-refractivity contribution in [3.63, 3.8) is 0 Å². The molecule has 0 radical (unpaired) electrons. The third kappa shape index (κ3) is 3.34. The third-order valence-electron chi connectivity index (χ3n) is 2.78. The van der Waals surface area contributed by atoms with Gasteiger partial charge in [0.05, 0.1) is 24.1 Å². The largest absolute Gasteiger partial charge is 0.489 e. The van der Waals surface area contributed by atoms with Crippen LogP contribution in [-0.4, -0.2) is 0 Å². The molecule has 0 saturated heterocycles. The van der Waals surface area contributed by atoms with Gasteiger partial charge in [-0.15, -0.1) is 0 Å². The fraction of sp³-hybridized carbons (Fsp3) is 0.125. The predicted octanol–water partition coefficient (Wildman–Crippen LogP) is 3.34. The van der Waals surface area contributed by atoms with Crippen LogP contribution >= 0.6 is 0 Å². The number of hydrogen-bond donors (Lipinski definition) is 0. The van der Waals surface area contributed by atoms with Gasteiger partial charge in [0.1, 0.15) is 18.2 Å². The van der Waals surface area contributed by atoms with Crippen LogP contribution in [0.1, 0.15) is 16.7 Å². The van der Waals surface area contributed by atoms with E-state index < -0.39 is 5.82 Å². The van der Waals surface area contributed by atoms with Gasteiger partial charge in [0.15, 0.2) is 0 Å². The van der Waals surface area contributed by atoms with Gasteiger partial charge in [0.2, 0.25) is 0 Å². The van der Waals surface area contributed by atoms with Crippen LogP contribution in [0, 0.1) is 28.5 Å². The molecular weight excluding hydrogens is 255 g/mol. The van der Waals surface area contributed by atoms with Gasteiger partial charge in [-0.3, -0.25) is 0 Å². The first-order valence-electron chi connectivity index (χ1n) is 6.00. The van der Waals surface area contributed by atoms with Gasteiger partial charge in [0, 0.05) is 5.56 Å². The molecule has 2 aromatic rings. The zero-order chi connectivity index (χ0) is 14.4. The second-order valence-corrected chi connectivity index (χ2v) is 4.19. The topological polar surface area (TPSA) is 56.8 Å². The molecule has 3 nitrogen and oxygen atoms in total. The van der Waals surface area contributed by atoms with Crippen molar-refractivity contribution < 1.29 is 9.13 Å². The Labute approximate surface area is 116 Å². The number of benzene rings is 2. The Morgan fingerprint density at radius 2 is 1.80 bits per heavy atom. The van der Waals surface area contributed by atoms with Crippen LogP contribution in [0.3, 0.4) is 0 Å². The van der Waals surface area contributed by atoms with Gasteiger partial charge in [-0.2, -0.15) is 10.5 Å². The number of nitriles is 2. The SMILES string of the molecule is N#CCc1ccc(OCc2ccc(C#N)cc2F)cc1. The maximum atomic E-state index is 13.6. The minimum atomic E-state index is -0.454. The smallest absolute Gasteiger partial charge is 0.131 e. The van der Waals surface area contributed by atoms with E-state index in [1.54, 1.807) is 30.3 Å². The standard InChI is InChI=1S/C16H11FN2O/c17-16-9-13(10-19)1-4-14(16)11-20-15-5-2-12(3-6-15)7-8-18/h1-6,9H,7,11H2. The Morgan fingerprint density at radius 3 is 2.40 bits per heavy atom. The summed E-state index contributed by atoms with van der Waals surface area (Å²) in [5, 5.41) is 17.2. The summed E-state index contributed by atoms with van der Waals surface area (Å²) in [6.07, 6.45) is 0.352. The fourth-order valence-corrected chi connectivity index (χ4v) is 1.69. The summed E-state index contributed by atoms with van der Waals surface area (Å²) in [5.41, 5.74) is 1.58. The average molecular weight is 266 g/mol. The van der Waals surface area contributed by atoms with Crippen molar-refractivity contribution in [3.05, 3.63) is 65.0 Å². The Bertz CT molecular complexity index is 681. The first kappa shape index (κ1) is 13.6. The Hall–Kier alpha value is -2.85. The molecule has 0 aromatic heterocycles. The Kier molecular flexibility index (Phi) is 4.32. The van der Waals surface area contributed by atoms with Crippen LogP contribution in [0.5, 0.6) is 5.75 Å². The molecule has 0 bridgehead atoms. The maximum absolute atomic E-state index is 13.6. The molecule has 98 valence electrons. The van der Waals surface area contributed by atoms with Crippen molar-refractivity contribution in [2.24, 2.45) is 0 Å². The van der Waals surface area contributed by atoms with E-state index in [0.29, 0.717) is 17.7 Å². The van der Waals surface area contributed by atoms with E-state index in [1.165, 1.54) is 12.1 Å². The Balaban J connectivity index is 2.02. The first-order chi connectivity index (χ1) is 9.72. The lowest BCUT2D eigenvalue weighted by Gasteiger charge is -2.07. The summed E-state index contributed by atoms with van der Waals surface area (Å²) in [6.45, 7) is 0.0924. The second kappa shape index (κ2) is 6.36. The van der Waals surface area contributed by atoms with E-state index in [-0.39, 0.29) is 12.2 Å². The highest BCUT2D eigenvalue weighted by atomic mass is 19.1. The fourth-order valence-electron chi connectivity index (χ4n) is 1.69. The second-order valence-electron chi connectivity index (χ2n) is 4.19. The van der Waals surface area contributed by atoms with Gasteiger partial charge >= 0.3 is 0 Å². The van der Waals surface area contributed by atoms with E-state index in [1.807, 2.05) is 6.07 Å². The average Bonchev–Trinajstić information content (AvgIpc) is 2.48. The highest BCUT2D eigenvalue weighted by Crippen LogP contribution is 2.16. The summed E-state index contributed by atoms with van der Waals surface area (Å²) in [4.78, 5) is 0. The molecule has 0 N–H and O–H groups in total. The van der Waals surface area contributed by atoms with Crippen molar-refractivity contribution in [1.82, 2.24) is 0 Å². The lowest BCUT2D eigenvalue weighted by molar-refractivity contribution is 0.300. The molecule has 0 aliphatic carbocycles. The number of ether oxygens (including phenoxy) is 1. The molecular formula is C16H11FN2O. The van der Waals surface area contributed by atoms with Crippen molar-refractivity contribution in [1.29, 1.82) is 10.5 Å².